The van der Waals surface area contributed by atoms with Gasteiger partial charge in [0.25, 0.3) is 0 Å². The molecule has 17 heavy (non-hydrogen) atoms. The van der Waals surface area contributed by atoms with Gasteiger partial charge in [0, 0.05) is 12.5 Å². The van der Waals surface area contributed by atoms with Crippen molar-refractivity contribution in [1.29, 1.82) is 0 Å². The normalized spacial score (nSPS) is 12.2. The van der Waals surface area contributed by atoms with Gasteiger partial charge in [-0.2, -0.15) is 0 Å². The molecule has 0 heterocycles. The van der Waals surface area contributed by atoms with Gasteiger partial charge in [-0.25, -0.2) is 0 Å². The van der Waals surface area contributed by atoms with Gasteiger partial charge in [0.15, 0.2) is 0 Å². The molecule has 0 radical (unpaired) electrons. The molecule has 1 nitrogen and oxygen atoms in total. The highest BCUT2D eigenvalue weighted by atomic mass is 14.4. The Labute approximate surface area is 109 Å². The lowest BCUT2D eigenvalue weighted by atomic mass is 9.84. The highest BCUT2D eigenvalue weighted by molar-refractivity contribution is 4.93. The first-order valence-electron chi connectivity index (χ1n) is 7.46. The molecule has 0 unspecified atom stereocenters. The molecule has 0 bridgehead atoms. The molecule has 0 aliphatic carbocycles. The minimum atomic E-state index is 0.865. The van der Waals surface area contributed by atoms with Gasteiger partial charge in [0.05, 0.1) is 0 Å². The maximum atomic E-state index is 5.22. The van der Waals surface area contributed by atoms with Crippen molar-refractivity contribution in [3.05, 3.63) is 0 Å². The quantitative estimate of drug-likeness (QED) is 0.432. The van der Waals surface area contributed by atoms with Crippen molar-refractivity contribution >= 4 is 0 Å². The van der Waals surface area contributed by atoms with E-state index in [1.807, 2.05) is 0 Å². The lowest BCUT2D eigenvalue weighted by Gasteiger charge is -2.22. The van der Waals surface area contributed by atoms with Crippen LogP contribution in [0.5, 0.6) is 0 Å². The highest BCUT2D eigenvalue weighted by Gasteiger charge is 2.14. The number of nitrogens with two attached hydrogens (primary N) is 1. The summed E-state index contributed by atoms with van der Waals surface area (Å²) in [5.74, 6) is 4.80. The molecule has 2 N–H and O–H groups in total. The van der Waals surface area contributed by atoms with Crippen LogP contribution in [0.2, 0.25) is 0 Å². The average Bonchev–Trinajstić information content (AvgIpc) is 2.30. The molecule has 0 amide bonds. The van der Waals surface area contributed by atoms with Gasteiger partial charge in [-0.1, -0.05) is 65.2 Å². The maximum absolute atomic E-state index is 5.22. The Kier molecular flexibility index (Phi) is 11.4. The van der Waals surface area contributed by atoms with Gasteiger partial charge in [0.1, 0.15) is 0 Å². The van der Waals surface area contributed by atoms with Gasteiger partial charge < -0.3 is 5.73 Å². The fourth-order valence-electron chi connectivity index (χ4n) is 2.80. The van der Waals surface area contributed by atoms with Gasteiger partial charge >= 0.3 is 0 Å². The summed E-state index contributed by atoms with van der Waals surface area (Å²) in [6, 6.07) is 2.52. The smallest absolute Gasteiger partial charge is 0.0110 e. The van der Waals surface area contributed by atoms with E-state index in [-0.39, 0.29) is 0 Å². The zero-order chi connectivity index (χ0) is 12.9. The van der Waals surface area contributed by atoms with Crippen LogP contribution in [0.25, 0.3) is 0 Å². The molecule has 100 valence electrons. The maximum Gasteiger partial charge on any atom is 0.0110 e. The fourth-order valence-corrected chi connectivity index (χ4v) is 2.80. The van der Waals surface area contributed by atoms with Crippen LogP contribution in [-0.4, -0.2) is 0 Å². The summed E-state index contributed by atoms with van der Waals surface area (Å²) in [6.07, 6.45) is 11.7. The van der Waals surface area contributed by atoms with E-state index in [1.165, 1.54) is 51.4 Å². The van der Waals surface area contributed by atoms with Crippen molar-refractivity contribution in [2.75, 3.05) is 0 Å². The van der Waals surface area contributed by atoms with Crippen LogP contribution in [0.15, 0.2) is 0 Å². The molecule has 1 atom stereocenters. The van der Waals surface area contributed by atoms with Crippen LogP contribution < -0.4 is 5.73 Å². The Balaban J connectivity index is 4.09. The van der Waals surface area contributed by atoms with Crippen molar-refractivity contribution in [2.45, 2.75) is 78.6 Å². The van der Waals surface area contributed by atoms with Gasteiger partial charge in [0.2, 0.25) is 0 Å². The lowest BCUT2D eigenvalue weighted by Crippen LogP contribution is -2.09. The molecular weight excluding hydrogens is 206 g/mol. The van der Waals surface area contributed by atoms with Crippen LogP contribution >= 0.6 is 0 Å². The predicted octanol–water partition coefficient (Wildman–Crippen LogP) is 4.71. The van der Waals surface area contributed by atoms with Crippen molar-refractivity contribution < 1.29 is 0 Å². The highest BCUT2D eigenvalue weighted by Crippen LogP contribution is 2.27. The van der Waals surface area contributed by atoms with E-state index in [2.05, 4.69) is 32.7 Å². The Morgan fingerprint density at radius 1 is 0.824 bits per heavy atom. The first-order valence-corrected chi connectivity index (χ1v) is 7.46. The monoisotopic (exact) mass is 237 g/mol. The molecule has 0 aromatic carbocycles. The Morgan fingerprint density at radius 3 is 1.71 bits per heavy atom. The molecular formula is C16H31N. The van der Waals surface area contributed by atoms with Crippen molar-refractivity contribution in [2.24, 2.45) is 17.6 Å². The molecule has 0 spiro atoms. The van der Waals surface area contributed by atoms with Gasteiger partial charge in [-0.15, -0.1) is 0 Å². The van der Waals surface area contributed by atoms with Crippen LogP contribution in [0.4, 0.5) is 0 Å². The molecule has 0 aromatic heterocycles. The second kappa shape index (κ2) is 11.8. The summed E-state index contributed by atoms with van der Waals surface area (Å²) in [5.41, 5.74) is 5.22. The second-order valence-corrected chi connectivity index (χ2v) is 5.19. The second-order valence-electron chi connectivity index (χ2n) is 5.19. The third-order valence-corrected chi connectivity index (χ3v) is 3.54. The van der Waals surface area contributed by atoms with Crippen LogP contribution in [0.3, 0.4) is 0 Å². The van der Waals surface area contributed by atoms with E-state index in [9.17, 15) is 0 Å². The van der Waals surface area contributed by atoms with Crippen molar-refractivity contribution in [3.8, 4) is 12.0 Å². The Morgan fingerprint density at radius 2 is 1.29 bits per heavy atom. The van der Waals surface area contributed by atoms with Crippen LogP contribution in [0, 0.1) is 23.8 Å². The standard InChI is InChI=1S/C16H31N/c1-4-9-15(10-5-2)14-16(11-6-3)12-7-8-13-17/h15-16H,4-7,9-12,14,17H2,1-3H3/t16-/m0/s1. The molecule has 0 aromatic rings. The summed E-state index contributed by atoms with van der Waals surface area (Å²) in [5, 5.41) is 0. The largest absolute Gasteiger partial charge is 0.359 e. The average molecular weight is 237 g/mol. The SMILES string of the molecule is CCCC(CCC)C[C@@H](CCC)CCC#CN. The van der Waals surface area contributed by atoms with E-state index in [1.54, 1.807) is 0 Å². The minimum absolute atomic E-state index is 0.865. The fraction of sp³-hybridized carbons (Fsp3) is 0.875. The first kappa shape index (κ1) is 16.4. The van der Waals surface area contributed by atoms with E-state index in [4.69, 9.17) is 5.73 Å². The predicted molar refractivity (Wildman–Crippen MR) is 77.5 cm³/mol. The van der Waals surface area contributed by atoms with Crippen molar-refractivity contribution in [3.63, 3.8) is 0 Å². The number of rotatable bonds is 10. The summed E-state index contributed by atoms with van der Waals surface area (Å²) in [4.78, 5) is 0. The van der Waals surface area contributed by atoms with Crippen molar-refractivity contribution in [1.82, 2.24) is 0 Å². The lowest BCUT2D eigenvalue weighted by molar-refractivity contribution is 0.305. The molecule has 0 rings (SSSR count). The van der Waals surface area contributed by atoms with Crippen LogP contribution in [-0.2, 0) is 0 Å². The number of hydrogen-bond donors (Lipinski definition) is 1. The zero-order valence-corrected chi connectivity index (χ0v) is 12.1. The molecule has 0 aliphatic rings. The topological polar surface area (TPSA) is 26.0 Å². The van der Waals surface area contributed by atoms with E-state index in [0.29, 0.717) is 0 Å². The van der Waals surface area contributed by atoms with E-state index >= 15 is 0 Å². The minimum Gasteiger partial charge on any atom is -0.359 e. The first-order chi connectivity index (χ1) is 8.28. The third-order valence-electron chi connectivity index (χ3n) is 3.54. The summed E-state index contributed by atoms with van der Waals surface area (Å²) < 4.78 is 0. The van der Waals surface area contributed by atoms with Gasteiger partial charge in [-0.05, 0) is 24.7 Å². The molecule has 0 saturated heterocycles. The molecule has 0 fully saturated rings. The van der Waals surface area contributed by atoms with Crippen LogP contribution in [0.1, 0.15) is 78.6 Å². The Hall–Kier alpha value is -0.640. The molecule has 1 heteroatoms. The Bertz CT molecular complexity index is 205. The van der Waals surface area contributed by atoms with Gasteiger partial charge in [-0.3, -0.25) is 0 Å². The molecule has 0 saturated carbocycles. The third kappa shape index (κ3) is 9.10. The number of hydrogen-bond acceptors (Lipinski definition) is 1. The van der Waals surface area contributed by atoms with E-state index < -0.39 is 0 Å². The van der Waals surface area contributed by atoms with E-state index in [0.717, 1.165) is 18.3 Å². The summed E-state index contributed by atoms with van der Waals surface area (Å²) >= 11 is 0. The molecule has 0 aliphatic heterocycles. The summed E-state index contributed by atoms with van der Waals surface area (Å²) in [7, 11) is 0. The summed E-state index contributed by atoms with van der Waals surface area (Å²) in [6.45, 7) is 6.89. The zero-order valence-electron chi connectivity index (χ0n) is 12.1.